The molecule has 2 heterocycles. The molecular formula is C16H21FN2O2S. The SMILES string of the molecule is Fc1cc(CC(=S)N2CCOCC2)ccc1N1CCOCC1. The summed E-state index contributed by atoms with van der Waals surface area (Å²) in [6.07, 6.45) is 0.607. The lowest BCUT2D eigenvalue weighted by atomic mass is 10.1. The summed E-state index contributed by atoms with van der Waals surface area (Å²) in [5.41, 5.74) is 1.58. The van der Waals surface area contributed by atoms with Crippen molar-refractivity contribution < 1.29 is 13.9 Å². The van der Waals surface area contributed by atoms with E-state index >= 15 is 0 Å². The lowest BCUT2D eigenvalue weighted by Crippen LogP contribution is -2.40. The molecule has 0 unspecified atom stereocenters. The normalized spacial score (nSPS) is 19.3. The van der Waals surface area contributed by atoms with E-state index in [0.717, 1.165) is 36.7 Å². The Morgan fingerprint density at radius 3 is 2.32 bits per heavy atom. The van der Waals surface area contributed by atoms with Gasteiger partial charge in [-0.25, -0.2) is 4.39 Å². The fourth-order valence-electron chi connectivity index (χ4n) is 2.82. The van der Waals surface area contributed by atoms with Gasteiger partial charge in [-0.2, -0.15) is 0 Å². The van der Waals surface area contributed by atoms with Crippen LogP contribution in [0, 0.1) is 5.82 Å². The number of hydrogen-bond donors (Lipinski definition) is 0. The van der Waals surface area contributed by atoms with Crippen LogP contribution in [0.1, 0.15) is 5.56 Å². The van der Waals surface area contributed by atoms with Crippen molar-refractivity contribution in [3.8, 4) is 0 Å². The van der Waals surface area contributed by atoms with Gasteiger partial charge >= 0.3 is 0 Å². The van der Waals surface area contributed by atoms with E-state index in [1.165, 1.54) is 0 Å². The maximum atomic E-state index is 14.4. The predicted octanol–water partition coefficient (Wildman–Crippen LogP) is 1.86. The number of anilines is 1. The second-order valence-corrected chi connectivity index (χ2v) is 6.03. The molecule has 120 valence electrons. The van der Waals surface area contributed by atoms with E-state index in [1.807, 2.05) is 17.0 Å². The summed E-state index contributed by atoms with van der Waals surface area (Å²) in [7, 11) is 0. The highest BCUT2D eigenvalue weighted by molar-refractivity contribution is 7.80. The van der Waals surface area contributed by atoms with Crippen molar-refractivity contribution in [1.82, 2.24) is 4.90 Å². The third-order valence-electron chi connectivity index (χ3n) is 4.08. The first kappa shape index (κ1) is 15.6. The quantitative estimate of drug-likeness (QED) is 0.791. The molecule has 0 saturated carbocycles. The molecule has 22 heavy (non-hydrogen) atoms. The average Bonchev–Trinajstić information content (AvgIpc) is 2.56. The molecule has 3 rings (SSSR count). The second kappa shape index (κ2) is 7.35. The van der Waals surface area contributed by atoms with Crippen LogP contribution >= 0.6 is 12.2 Å². The monoisotopic (exact) mass is 324 g/mol. The minimum Gasteiger partial charge on any atom is -0.378 e. The summed E-state index contributed by atoms with van der Waals surface area (Å²) in [5.74, 6) is -0.177. The number of benzene rings is 1. The van der Waals surface area contributed by atoms with E-state index < -0.39 is 0 Å². The van der Waals surface area contributed by atoms with Gasteiger partial charge in [-0.15, -0.1) is 0 Å². The van der Waals surface area contributed by atoms with Gasteiger partial charge in [0.15, 0.2) is 0 Å². The third-order valence-corrected chi connectivity index (χ3v) is 4.49. The molecule has 0 aliphatic carbocycles. The number of nitrogens with zero attached hydrogens (tertiary/aromatic N) is 2. The summed E-state index contributed by atoms with van der Waals surface area (Å²) in [4.78, 5) is 5.04. The molecule has 4 nitrogen and oxygen atoms in total. The third kappa shape index (κ3) is 3.74. The Balaban J connectivity index is 1.64. The van der Waals surface area contributed by atoms with Gasteiger partial charge in [0.25, 0.3) is 0 Å². The topological polar surface area (TPSA) is 24.9 Å². The Bertz CT molecular complexity index is 529. The van der Waals surface area contributed by atoms with Crippen LogP contribution < -0.4 is 4.90 Å². The molecule has 0 radical (unpaired) electrons. The van der Waals surface area contributed by atoms with Crippen molar-refractivity contribution in [3.63, 3.8) is 0 Å². The molecule has 2 saturated heterocycles. The summed E-state index contributed by atoms with van der Waals surface area (Å²) < 4.78 is 25.0. The zero-order chi connectivity index (χ0) is 15.4. The number of ether oxygens (including phenoxy) is 2. The van der Waals surface area contributed by atoms with Crippen molar-refractivity contribution in [2.24, 2.45) is 0 Å². The molecule has 0 aromatic heterocycles. The van der Waals surface area contributed by atoms with E-state index in [2.05, 4.69) is 4.90 Å². The number of rotatable bonds is 3. The summed E-state index contributed by atoms with van der Waals surface area (Å²) in [6.45, 7) is 5.87. The molecule has 2 aliphatic rings. The Morgan fingerprint density at radius 1 is 1.05 bits per heavy atom. The number of hydrogen-bond acceptors (Lipinski definition) is 4. The highest BCUT2D eigenvalue weighted by Crippen LogP contribution is 2.22. The van der Waals surface area contributed by atoms with Gasteiger partial charge in [0.05, 0.1) is 37.1 Å². The molecule has 1 aromatic rings. The van der Waals surface area contributed by atoms with Crippen molar-refractivity contribution in [2.45, 2.75) is 6.42 Å². The maximum Gasteiger partial charge on any atom is 0.146 e. The molecule has 2 fully saturated rings. The first-order valence-corrected chi connectivity index (χ1v) is 8.11. The summed E-state index contributed by atoms with van der Waals surface area (Å²) in [5, 5.41) is 0. The van der Waals surface area contributed by atoms with E-state index in [0.29, 0.717) is 38.5 Å². The number of thiocarbonyl (C=S) groups is 1. The predicted molar refractivity (Wildman–Crippen MR) is 88.1 cm³/mol. The van der Waals surface area contributed by atoms with Gasteiger partial charge in [0, 0.05) is 32.6 Å². The average molecular weight is 324 g/mol. The van der Waals surface area contributed by atoms with Crippen LogP contribution in [0.25, 0.3) is 0 Å². The summed E-state index contributed by atoms with van der Waals surface area (Å²) in [6, 6.07) is 5.44. The Morgan fingerprint density at radius 2 is 1.68 bits per heavy atom. The molecular weight excluding hydrogens is 303 g/mol. The number of morpholine rings is 2. The molecule has 0 spiro atoms. The van der Waals surface area contributed by atoms with Crippen molar-refractivity contribution >= 4 is 22.9 Å². The Kier molecular flexibility index (Phi) is 5.23. The first-order valence-electron chi connectivity index (χ1n) is 7.71. The molecule has 2 aliphatic heterocycles. The number of halogens is 1. The minimum atomic E-state index is -0.177. The lowest BCUT2D eigenvalue weighted by Gasteiger charge is -2.30. The highest BCUT2D eigenvalue weighted by atomic mass is 32.1. The lowest BCUT2D eigenvalue weighted by molar-refractivity contribution is 0.0684. The van der Waals surface area contributed by atoms with E-state index in [1.54, 1.807) is 6.07 Å². The fraction of sp³-hybridized carbons (Fsp3) is 0.562. The summed E-state index contributed by atoms with van der Waals surface area (Å²) >= 11 is 5.48. The molecule has 1 aromatic carbocycles. The van der Waals surface area contributed by atoms with Crippen molar-refractivity contribution in [1.29, 1.82) is 0 Å². The standard InChI is InChI=1S/C16H21FN2O2S/c17-14-11-13(12-16(22)19-5-9-21-10-6-19)1-2-15(14)18-3-7-20-8-4-18/h1-2,11H,3-10,12H2. The van der Waals surface area contributed by atoms with Gasteiger partial charge < -0.3 is 19.3 Å². The molecule has 0 amide bonds. The van der Waals surface area contributed by atoms with Gasteiger partial charge in [-0.1, -0.05) is 18.3 Å². The zero-order valence-corrected chi connectivity index (χ0v) is 13.4. The smallest absolute Gasteiger partial charge is 0.146 e. The van der Waals surface area contributed by atoms with Crippen molar-refractivity contribution in [2.75, 3.05) is 57.5 Å². The van der Waals surface area contributed by atoms with Crippen LogP contribution in [0.3, 0.4) is 0 Å². The van der Waals surface area contributed by atoms with Gasteiger partial charge in [0.2, 0.25) is 0 Å². The van der Waals surface area contributed by atoms with Crippen LogP contribution in [0.4, 0.5) is 10.1 Å². The molecule has 6 heteroatoms. The highest BCUT2D eigenvalue weighted by Gasteiger charge is 2.17. The Labute approximate surface area is 135 Å². The first-order chi connectivity index (χ1) is 10.7. The van der Waals surface area contributed by atoms with E-state index in [4.69, 9.17) is 21.7 Å². The van der Waals surface area contributed by atoms with Crippen LogP contribution in [-0.2, 0) is 15.9 Å². The van der Waals surface area contributed by atoms with Gasteiger partial charge in [-0.05, 0) is 17.7 Å². The Hall–Kier alpha value is -1.24. The molecule has 0 atom stereocenters. The second-order valence-electron chi connectivity index (χ2n) is 5.56. The van der Waals surface area contributed by atoms with Crippen LogP contribution in [0.5, 0.6) is 0 Å². The van der Waals surface area contributed by atoms with E-state index in [9.17, 15) is 4.39 Å². The van der Waals surface area contributed by atoms with Crippen molar-refractivity contribution in [3.05, 3.63) is 29.6 Å². The van der Waals surface area contributed by atoms with E-state index in [-0.39, 0.29) is 5.82 Å². The van der Waals surface area contributed by atoms with Gasteiger partial charge in [-0.3, -0.25) is 0 Å². The molecule has 0 N–H and O–H groups in total. The van der Waals surface area contributed by atoms with Crippen LogP contribution in [-0.4, -0.2) is 62.5 Å². The fourth-order valence-corrected chi connectivity index (χ4v) is 3.17. The largest absolute Gasteiger partial charge is 0.378 e. The maximum absolute atomic E-state index is 14.4. The molecule has 0 bridgehead atoms. The zero-order valence-electron chi connectivity index (χ0n) is 12.6. The van der Waals surface area contributed by atoms with Crippen LogP contribution in [0.15, 0.2) is 18.2 Å². The minimum absolute atomic E-state index is 0.177. The van der Waals surface area contributed by atoms with Gasteiger partial charge in [0.1, 0.15) is 5.82 Å². The van der Waals surface area contributed by atoms with Crippen LogP contribution in [0.2, 0.25) is 0 Å².